The van der Waals surface area contributed by atoms with Crippen molar-refractivity contribution in [1.29, 1.82) is 0 Å². The van der Waals surface area contributed by atoms with E-state index < -0.39 is 0 Å². The predicted molar refractivity (Wildman–Crippen MR) is 106 cm³/mol. The Bertz CT molecular complexity index is 740. The third kappa shape index (κ3) is 4.62. The van der Waals surface area contributed by atoms with Gasteiger partial charge >= 0.3 is 0 Å². The predicted octanol–water partition coefficient (Wildman–Crippen LogP) is 4.34. The summed E-state index contributed by atoms with van der Waals surface area (Å²) in [6.45, 7) is 9.22. The summed E-state index contributed by atoms with van der Waals surface area (Å²) in [5.41, 5.74) is 1.74. The average molecular weight is 374 g/mol. The lowest BCUT2D eigenvalue weighted by Gasteiger charge is -2.29. The number of amides is 1. The van der Waals surface area contributed by atoms with Gasteiger partial charge in [-0.1, -0.05) is 13.3 Å². The maximum Gasteiger partial charge on any atom is 0.257 e. The minimum absolute atomic E-state index is 0.128. The van der Waals surface area contributed by atoms with Crippen molar-refractivity contribution in [2.75, 3.05) is 18.5 Å². The molecule has 140 valence electrons. The minimum Gasteiger partial charge on any atom is -0.494 e. The molecule has 2 aromatic rings. The van der Waals surface area contributed by atoms with Crippen LogP contribution in [0.3, 0.4) is 0 Å². The number of benzene rings is 1. The number of carbonyl (C=O) groups excluding carboxylic acids is 1. The van der Waals surface area contributed by atoms with Crippen molar-refractivity contribution in [2.24, 2.45) is 0 Å². The Morgan fingerprint density at radius 2 is 2.12 bits per heavy atom. The second kappa shape index (κ2) is 8.64. The highest BCUT2D eigenvalue weighted by atomic mass is 32.1. The van der Waals surface area contributed by atoms with Crippen LogP contribution in [-0.2, 0) is 13.0 Å². The van der Waals surface area contributed by atoms with E-state index in [1.165, 1.54) is 4.88 Å². The monoisotopic (exact) mass is 373 g/mol. The number of nitrogens with one attached hydrogen (secondary N) is 1. The molecule has 0 fully saturated rings. The molecule has 1 aromatic carbocycles. The maximum absolute atomic E-state index is 12.5. The lowest BCUT2D eigenvalue weighted by atomic mass is 10.1. The van der Waals surface area contributed by atoms with Crippen LogP contribution in [0.25, 0.3) is 0 Å². The quantitative estimate of drug-likeness (QED) is 0.734. The van der Waals surface area contributed by atoms with Crippen LogP contribution in [0, 0.1) is 0 Å². The number of carbonyl (C=O) groups is 1. The van der Waals surface area contributed by atoms with Crippen LogP contribution in [0.5, 0.6) is 5.75 Å². The lowest BCUT2D eigenvalue weighted by molar-refractivity contribution is 0.102. The van der Waals surface area contributed by atoms with Crippen molar-refractivity contribution in [1.82, 2.24) is 9.88 Å². The number of rotatable bonds is 7. The SMILES string of the molecule is CCCCOc1ccc(C(=O)Nc2nc3c(s2)CN(C(C)C)CC3)cc1. The number of nitrogens with zero attached hydrogens (tertiary/aromatic N) is 2. The Morgan fingerprint density at radius 3 is 2.81 bits per heavy atom. The van der Waals surface area contributed by atoms with Crippen LogP contribution in [0.4, 0.5) is 5.13 Å². The maximum atomic E-state index is 12.5. The van der Waals surface area contributed by atoms with Gasteiger partial charge in [-0.2, -0.15) is 0 Å². The molecule has 3 rings (SSSR count). The molecule has 5 nitrogen and oxygen atoms in total. The zero-order valence-corrected chi connectivity index (χ0v) is 16.6. The number of hydrogen-bond acceptors (Lipinski definition) is 5. The van der Waals surface area contributed by atoms with Crippen molar-refractivity contribution < 1.29 is 9.53 Å². The van der Waals surface area contributed by atoms with E-state index in [0.29, 0.717) is 23.3 Å². The van der Waals surface area contributed by atoms with Gasteiger partial charge in [0.25, 0.3) is 5.91 Å². The van der Waals surface area contributed by atoms with Crippen LogP contribution in [0.1, 0.15) is 54.5 Å². The standard InChI is InChI=1S/C20H27N3O2S/c1-4-5-12-25-16-8-6-15(7-9-16)19(24)22-20-21-17-10-11-23(14(2)3)13-18(17)26-20/h6-9,14H,4-5,10-13H2,1-3H3,(H,21,22,24). The van der Waals surface area contributed by atoms with E-state index in [1.54, 1.807) is 23.5 Å². The van der Waals surface area contributed by atoms with Crippen LogP contribution in [0.2, 0.25) is 0 Å². The van der Waals surface area contributed by atoms with Gasteiger partial charge in [-0.25, -0.2) is 4.98 Å². The molecule has 0 saturated heterocycles. The van der Waals surface area contributed by atoms with E-state index in [0.717, 1.165) is 43.8 Å². The van der Waals surface area contributed by atoms with E-state index in [4.69, 9.17) is 4.74 Å². The van der Waals surface area contributed by atoms with Crippen LogP contribution in [-0.4, -0.2) is 35.0 Å². The van der Waals surface area contributed by atoms with Gasteiger partial charge in [-0.3, -0.25) is 15.0 Å². The second-order valence-electron chi connectivity index (χ2n) is 6.88. The molecule has 26 heavy (non-hydrogen) atoms. The van der Waals surface area contributed by atoms with E-state index in [1.807, 2.05) is 12.1 Å². The Morgan fingerprint density at radius 1 is 1.35 bits per heavy atom. The first-order valence-corrected chi connectivity index (χ1v) is 10.1. The first kappa shape index (κ1) is 18.9. The normalized spacial score (nSPS) is 14.3. The van der Waals surface area contributed by atoms with Crippen molar-refractivity contribution in [2.45, 2.75) is 52.6 Å². The van der Waals surface area contributed by atoms with E-state index in [-0.39, 0.29) is 5.91 Å². The molecule has 1 aliphatic heterocycles. The highest BCUT2D eigenvalue weighted by Gasteiger charge is 2.22. The Kier molecular flexibility index (Phi) is 6.27. The fraction of sp³-hybridized carbons (Fsp3) is 0.500. The number of unbranched alkanes of at least 4 members (excludes halogenated alkanes) is 1. The minimum atomic E-state index is -0.128. The Labute approximate surface area is 159 Å². The topological polar surface area (TPSA) is 54.5 Å². The van der Waals surface area contributed by atoms with Gasteiger partial charge in [0.1, 0.15) is 5.75 Å². The van der Waals surface area contributed by atoms with Gasteiger partial charge in [0.05, 0.1) is 12.3 Å². The van der Waals surface area contributed by atoms with Gasteiger partial charge in [-0.05, 0) is 44.5 Å². The summed E-state index contributed by atoms with van der Waals surface area (Å²) in [6, 6.07) is 7.81. The number of ether oxygens (including phenoxy) is 1. The van der Waals surface area contributed by atoms with E-state index >= 15 is 0 Å². The number of hydrogen-bond donors (Lipinski definition) is 1. The molecule has 1 N–H and O–H groups in total. The number of anilines is 1. The first-order valence-electron chi connectivity index (χ1n) is 9.33. The molecule has 0 spiro atoms. The molecule has 0 unspecified atom stereocenters. The zero-order valence-electron chi connectivity index (χ0n) is 15.7. The highest BCUT2D eigenvalue weighted by molar-refractivity contribution is 7.15. The second-order valence-corrected chi connectivity index (χ2v) is 7.97. The summed E-state index contributed by atoms with van der Waals surface area (Å²) in [5.74, 6) is 0.672. The van der Waals surface area contributed by atoms with Crippen molar-refractivity contribution in [3.05, 3.63) is 40.4 Å². The van der Waals surface area contributed by atoms with Crippen molar-refractivity contribution >= 4 is 22.4 Å². The van der Waals surface area contributed by atoms with E-state index in [2.05, 4.69) is 36.0 Å². The molecular weight excluding hydrogens is 346 g/mol. The zero-order chi connectivity index (χ0) is 18.5. The number of thiazole rings is 1. The average Bonchev–Trinajstić information content (AvgIpc) is 3.03. The Balaban J connectivity index is 1.60. The fourth-order valence-electron chi connectivity index (χ4n) is 2.92. The number of fused-ring (bicyclic) bond motifs is 1. The molecule has 0 saturated carbocycles. The van der Waals surface area contributed by atoms with Gasteiger partial charge < -0.3 is 4.74 Å². The third-order valence-corrected chi connectivity index (χ3v) is 5.59. The Hall–Kier alpha value is -1.92. The summed E-state index contributed by atoms with van der Waals surface area (Å²) in [5, 5.41) is 3.63. The molecule has 1 amide bonds. The van der Waals surface area contributed by atoms with Crippen molar-refractivity contribution in [3.8, 4) is 5.75 Å². The van der Waals surface area contributed by atoms with Gasteiger partial charge in [0.2, 0.25) is 0 Å². The summed E-state index contributed by atoms with van der Waals surface area (Å²) >= 11 is 1.59. The van der Waals surface area contributed by atoms with Crippen LogP contribution >= 0.6 is 11.3 Å². The summed E-state index contributed by atoms with van der Waals surface area (Å²) in [7, 11) is 0. The summed E-state index contributed by atoms with van der Waals surface area (Å²) in [4.78, 5) is 20.8. The fourth-order valence-corrected chi connectivity index (χ4v) is 3.94. The van der Waals surface area contributed by atoms with Gasteiger partial charge in [-0.15, -0.1) is 11.3 Å². The van der Waals surface area contributed by atoms with Crippen LogP contribution < -0.4 is 10.1 Å². The van der Waals surface area contributed by atoms with E-state index in [9.17, 15) is 4.79 Å². The molecular formula is C20H27N3O2S. The third-order valence-electron chi connectivity index (χ3n) is 4.59. The highest BCUT2D eigenvalue weighted by Crippen LogP contribution is 2.29. The van der Waals surface area contributed by atoms with Gasteiger partial charge in [0, 0.05) is 36.0 Å². The smallest absolute Gasteiger partial charge is 0.257 e. The van der Waals surface area contributed by atoms with Crippen LogP contribution in [0.15, 0.2) is 24.3 Å². The molecule has 1 aliphatic rings. The molecule has 0 bridgehead atoms. The first-order chi connectivity index (χ1) is 12.6. The molecule has 0 aliphatic carbocycles. The lowest BCUT2D eigenvalue weighted by Crippen LogP contribution is -2.35. The number of aromatic nitrogens is 1. The van der Waals surface area contributed by atoms with Gasteiger partial charge in [0.15, 0.2) is 5.13 Å². The molecule has 1 aromatic heterocycles. The molecule has 0 radical (unpaired) electrons. The molecule has 0 atom stereocenters. The summed E-state index contributed by atoms with van der Waals surface area (Å²) < 4.78 is 5.64. The molecule has 6 heteroatoms. The largest absolute Gasteiger partial charge is 0.494 e. The summed E-state index contributed by atoms with van der Waals surface area (Å²) in [6.07, 6.45) is 3.09. The molecule has 2 heterocycles. The van der Waals surface area contributed by atoms with Crippen molar-refractivity contribution in [3.63, 3.8) is 0 Å².